The van der Waals surface area contributed by atoms with Gasteiger partial charge in [-0.3, -0.25) is 0 Å². The van der Waals surface area contributed by atoms with Gasteiger partial charge in [0.2, 0.25) is 0 Å². The number of anilines is 2. The summed E-state index contributed by atoms with van der Waals surface area (Å²) in [4.78, 5) is 11.6. The Hall–Kier alpha value is -1.40. The number of ether oxygens (including phenoxy) is 1. The average molecular weight is 279 g/mol. The topological polar surface area (TPSA) is 76.3 Å². The van der Waals surface area contributed by atoms with Crippen LogP contribution < -0.4 is 16.2 Å². The molecule has 2 heterocycles. The predicted molar refractivity (Wildman–Crippen MR) is 80.9 cm³/mol. The summed E-state index contributed by atoms with van der Waals surface area (Å²) in [6, 6.07) is 0.302. The van der Waals surface area contributed by atoms with Crippen LogP contribution in [0.15, 0.2) is 0 Å². The van der Waals surface area contributed by atoms with Crippen LogP contribution in [-0.4, -0.2) is 35.8 Å². The van der Waals surface area contributed by atoms with E-state index in [4.69, 9.17) is 15.6 Å². The Morgan fingerprint density at radius 1 is 1.35 bits per heavy atom. The van der Waals surface area contributed by atoms with Crippen molar-refractivity contribution in [3.8, 4) is 0 Å². The maximum absolute atomic E-state index is 5.61. The highest BCUT2D eigenvalue weighted by molar-refractivity contribution is 5.59. The van der Waals surface area contributed by atoms with Gasteiger partial charge in [-0.25, -0.2) is 15.8 Å². The lowest BCUT2D eigenvalue weighted by molar-refractivity contribution is 0.0984. The van der Waals surface area contributed by atoms with E-state index in [0.29, 0.717) is 11.9 Å². The van der Waals surface area contributed by atoms with Gasteiger partial charge in [-0.1, -0.05) is 20.8 Å². The molecule has 1 saturated heterocycles. The molecule has 1 atom stereocenters. The van der Waals surface area contributed by atoms with Crippen LogP contribution in [0.2, 0.25) is 0 Å². The summed E-state index contributed by atoms with van der Waals surface area (Å²) in [5, 5.41) is 0. The first-order chi connectivity index (χ1) is 9.34. The minimum absolute atomic E-state index is 0.121. The van der Waals surface area contributed by atoms with Gasteiger partial charge in [0, 0.05) is 17.5 Å². The van der Waals surface area contributed by atoms with Crippen molar-refractivity contribution < 1.29 is 4.74 Å². The Morgan fingerprint density at radius 3 is 2.60 bits per heavy atom. The number of nitrogen functional groups attached to an aromatic ring is 1. The van der Waals surface area contributed by atoms with Gasteiger partial charge in [0.1, 0.15) is 17.5 Å². The maximum atomic E-state index is 5.61. The summed E-state index contributed by atoms with van der Waals surface area (Å²) in [6.45, 7) is 12.7. The second-order valence-electron chi connectivity index (χ2n) is 6.36. The van der Waals surface area contributed by atoms with Crippen molar-refractivity contribution in [2.24, 2.45) is 5.84 Å². The number of hydrogen-bond acceptors (Lipinski definition) is 6. The highest BCUT2D eigenvalue weighted by Crippen LogP contribution is 2.29. The number of nitrogens with zero attached hydrogens (tertiary/aromatic N) is 3. The molecule has 1 aromatic rings. The molecule has 2 rings (SSSR count). The number of nitrogens with one attached hydrogen (secondary N) is 1. The van der Waals surface area contributed by atoms with Gasteiger partial charge in [-0.2, -0.15) is 0 Å². The lowest BCUT2D eigenvalue weighted by Crippen LogP contribution is -2.45. The Kier molecular flexibility index (Phi) is 4.15. The molecule has 20 heavy (non-hydrogen) atoms. The third kappa shape index (κ3) is 2.86. The molecular weight excluding hydrogens is 254 g/mol. The van der Waals surface area contributed by atoms with Crippen molar-refractivity contribution in [3.63, 3.8) is 0 Å². The largest absolute Gasteiger partial charge is 0.377 e. The third-order valence-electron chi connectivity index (χ3n) is 3.57. The van der Waals surface area contributed by atoms with Gasteiger partial charge < -0.3 is 15.1 Å². The monoisotopic (exact) mass is 279 g/mol. The van der Waals surface area contributed by atoms with Crippen LogP contribution in [0.25, 0.3) is 0 Å². The number of morpholine rings is 1. The SMILES string of the molecule is Cc1c(NN)nc(C(C)(C)C)nc1N1CCOCC1C. The molecule has 0 radical (unpaired) electrons. The number of aromatic nitrogens is 2. The fourth-order valence-corrected chi connectivity index (χ4v) is 2.30. The molecule has 3 N–H and O–H groups in total. The summed E-state index contributed by atoms with van der Waals surface area (Å²) in [5.74, 6) is 8.05. The molecule has 0 aliphatic carbocycles. The highest BCUT2D eigenvalue weighted by Gasteiger charge is 2.26. The minimum atomic E-state index is -0.121. The van der Waals surface area contributed by atoms with E-state index in [1.807, 2.05) is 6.92 Å². The van der Waals surface area contributed by atoms with Crippen LogP contribution in [0.3, 0.4) is 0 Å². The van der Waals surface area contributed by atoms with Gasteiger partial charge in [0.25, 0.3) is 0 Å². The van der Waals surface area contributed by atoms with Crippen molar-refractivity contribution in [3.05, 3.63) is 11.4 Å². The molecule has 0 bridgehead atoms. The van der Waals surface area contributed by atoms with Crippen LogP contribution in [0.1, 0.15) is 39.1 Å². The van der Waals surface area contributed by atoms with Crippen molar-refractivity contribution in [1.29, 1.82) is 0 Å². The highest BCUT2D eigenvalue weighted by atomic mass is 16.5. The Bertz CT molecular complexity index is 483. The fourth-order valence-electron chi connectivity index (χ4n) is 2.30. The molecule has 112 valence electrons. The van der Waals surface area contributed by atoms with Crippen molar-refractivity contribution >= 4 is 11.6 Å². The smallest absolute Gasteiger partial charge is 0.148 e. The van der Waals surface area contributed by atoms with Crippen LogP contribution in [0, 0.1) is 6.92 Å². The Morgan fingerprint density at radius 2 is 2.05 bits per heavy atom. The maximum Gasteiger partial charge on any atom is 0.148 e. The molecule has 1 aliphatic heterocycles. The Labute approximate surface area is 120 Å². The van der Waals surface area contributed by atoms with E-state index < -0.39 is 0 Å². The molecule has 1 unspecified atom stereocenters. The number of hydrazine groups is 1. The van der Waals surface area contributed by atoms with E-state index in [2.05, 4.69) is 43.0 Å². The number of rotatable bonds is 2. The standard InChI is InChI=1S/C14H25N5O/c1-9-8-20-7-6-19(9)12-10(2)11(18-15)16-13(17-12)14(3,4)5/h9H,6-8,15H2,1-5H3,(H,16,17,18). The van der Waals surface area contributed by atoms with E-state index in [9.17, 15) is 0 Å². The quantitative estimate of drug-likeness (QED) is 0.632. The lowest BCUT2D eigenvalue weighted by atomic mass is 9.95. The van der Waals surface area contributed by atoms with Crippen molar-refractivity contribution in [2.75, 3.05) is 30.1 Å². The molecule has 0 amide bonds. The van der Waals surface area contributed by atoms with Crippen LogP contribution >= 0.6 is 0 Å². The molecular formula is C14H25N5O. The fraction of sp³-hybridized carbons (Fsp3) is 0.714. The molecule has 0 saturated carbocycles. The van der Waals surface area contributed by atoms with E-state index in [1.165, 1.54) is 0 Å². The first kappa shape index (κ1) is 15.0. The number of hydrogen-bond donors (Lipinski definition) is 2. The van der Waals surface area contributed by atoms with Gasteiger partial charge >= 0.3 is 0 Å². The molecule has 1 fully saturated rings. The summed E-state index contributed by atoms with van der Waals surface area (Å²) in [6.07, 6.45) is 0. The average Bonchev–Trinajstić information content (AvgIpc) is 2.38. The summed E-state index contributed by atoms with van der Waals surface area (Å²) >= 11 is 0. The third-order valence-corrected chi connectivity index (χ3v) is 3.57. The van der Waals surface area contributed by atoms with Gasteiger partial charge in [0.05, 0.1) is 19.3 Å². The lowest BCUT2D eigenvalue weighted by Gasteiger charge is -2.36. The van der Waals surface area contributed by atoms with Crippen molar-refractivity contribution in [1.82, 2.24) is 9.97 Å². The summed E-state index contributed by atoms with van der Waals surface area (Å²) in [7, 11) is 0. The second kappa shape index (κ2) is 5.54. The zero-order valence-corrected chi connectivity index (χ0v) is 13.0. The molecule has 1 aliphatic rings. The normalized spacial score (nSPS) is 20.1. The summed E-state index contributed by atoms with van der Waals surface area (Å²) < 4.78 is 5.50. The number of nitrogens with two attached hydrogens (primary N) is 1. The van der Waals surface area contributed by atoms with Crippen molar-refractivity contribution in [2.45, 2.75) is 46.1 Å². The molecule has 1 aromatic heterocycles. The molecule has 6 nitrogen and oxygen atoms in total. The van der Waals surface area contributed by atoms with Gasteiger partial charge in [-0.05, 0) is 13.8 Å². The Balaban J connectivity index is 2.50. The van der Waals surface area contributed by atoms with E-state index in [0.717, 1.165) is 37.0 Å². The first-order valence-electron chi connectivity index (χ1n) is 7.04. The van der Waals surface area contributed by atoms with Crippen LogP contribution in [0.5, 0.6) is 0 Å². The summed E-state index contributed by atoms with van der Waals surface area (Å²) in [5.41, 5.74) is 3.55. The van der Waals surface area contributed by atoms with Gasteiger partial charge in [0.15, 0.2) is 0 Å². The first-order valence-corrected chi connectivity index (χ1v) is 7.04. The van der Waals surface area contributed by atoms with E-state index >= 15 is 0 Å². The van der Waals surface area contributed by atoms with E-state index in [1.54, 1.807) is 0 Å². The van der Waals surface area contributed by atoms with Crippen LogP contribution in [-0.2, 0) is 10.2 Å². The van der Waals surface area contributed by atoms with Gasteiger partial charge in [-0.15, -0.1) is 0 Å². The zero-order valence-electron chi connectivity index (χ0n) is 13.0. The molecule has 0 aromatic carbocycles. The minimum Gasteiger partial charge on any atom is -0.377 e. The molecule has 6 heteroatoms. The second-order valence-corrected chi connectivity index (χ2v) is 6.36. The zero-order chi connectivity index (χ0) is 14.9. The molecule has 0 spiro atoms. The van der Waals surface area contributed by atoms with Crippen LogP contribution in [0.4, 0.5) is 11.6 Å². The van der Waals surface area contributed by atoms with E-state index in [-0.39, 0.29) is 5.41 Å². The predicted octanol–water partition coefficient (Wildman–Crippen LogP) is 1.59.